The van der Waals surface area contributed by atoms with Gasteiger partial charge in [0.15, 0.2) is 5.82 Å². The summed E-state index contributed by atoms with van der Waals surface area (Å²) in [7, 11) is 1.73. The summed E-state index contributed by atoms with van der Waals surface area (Å²) in [5.41, 5.74) is 4.76. The minimum absolute atomic E-state index is 0.0564. The average Bonchev–Trinajstić information content (AvgIpc) is 3.07. The van der Waals surface area contributed by atoms with E-state index in [9.17, 15) is 13.2 Å². The molecule has 9 heteroatoms. The van der Waals surface area contributed by atoms with Crippen molar-refractivity contribution in [2.24, 2.45) is 23.4 Å². The number of amidine groups is 1. The Bertz CT molecular complexity index is 826. The monoisotopic (exact) mass is 397 g/mol. The van der Waals surface area contributed by atoms with Gasteiger partial charge in [-0.2, -0.15) is 13.2 Å². The molecule has 0 amide bonds. The van der Waals surface area contributed by atoms with Gasteiger partial charge in [0.05, 0.1) is 5.57 Å². The number of hydrogen-bond acceptors (Lipinski definition) is 4. The first-order chi connectivity index (χ1) is 13.1. The van der Waals surface area contributed by atoms with Crippen LogP contribution in [0.4, 0.5) is 13.2 Å². The van der Waals surface area contributed by atoms with E-state index in [1.54, 1.807) is 18.5 Å². The van der Waals surface area contributed by atoms with E-state index >= 15 is 0 Å². The van der Waals surface area contributed by atoms with Crippen LogP contribution in [-0.2, 0) is 12.5 Å². The Morgan fingerprint density at radius 3 is 2.21 bits per heavy atom. The van der Waals surface area contributed by atoms with Crippen LogP contribution < -0.4 is 5.73 Å². The van der Waals surface area contributed by atoms with Crippen LogP contribution in [0.25, 0.3) is 5.57 Å². The molecule has 6 nitrogen and oxygen atoms in total. The van der Waals surface area contributed by atoms with Gasteiger partial charge in [0.1, 0.15) is 11.7 Å². The molecule has 3 aliphatic carbocycles. The molecule has 2 bridgehead atoms. The number of hydrogen-bond donors (Lipinski definition) is 2. The number of halogens is 3. The van der Waals surface area contributed by atoms with E-state index in [2.05, 4.69) is 15.4 Å². The lowest BCUT2D eigenvalue weighted by atomic mass is 9.53. The summed E-state index contributed by atoms with van der Waals surface area (Å²) in [4.78, 5) is 0. The lowest BCUT2D eigenvalue weighted by Crippen LogP contribution is -2.51. The highest BCUT2D eigenvalue weighted by molar-refractivity contribution is 5.86. The highest BCUT2D eigenvalue weighted by Crippen LogP contribution is 2.57. The minimum atomic E-state index is -4.46. The van der Waals surface area contributed by atoms with Gasteiger partial charge in [-0.3, -0.25) is 0 Å². The van der Waals surface area contributed by atoms with E-state index in [1.807, 2.05) is 0 Å². The molecule has 0 aromatic carbocycles. The third-order valence-corrected chi connectivity index (χ3v) is 6.62. The zero-order valence-electron chi connectivity index (χ0n) is 16.3. The van der Waals surface area contributed by atoms with Gasteiger partial charge in [-0.25, -0.2) is 0 Å². The molecule has 4 rings (SSSR count). The third kappa shape index (κ3) is 3.10. The first kappa shape index (κ1) is 20.4. The van der Waals surface area contributed by atoms with Crippen molar-refractivity contribution in [1.29, 1.82) is 0 Å². The van der Waals surface area contributed by atoms with E-state index < -0.39 is 11.7 Å². The molecule has 0 aliphatic heterocycles. The van der Waals surface area contributed by atoms with Crippen molar-refractivity contribution in [2.75, 3.05) is 0 Å². The van der Waals surface area contributed by atoms with Crippen molar-refractivity contribution in [1.82, 2.24) is 14.8 Å². The van der Waals surface area contributed by atoms with Gasteiger partial charge in [-0.15, -0.1) is 10.2 Å². The van der Waals surface area contributed by atoms with Crippen molar-refractivity contribution in [3.8, 4) is 0 Å². The summed E-state index contributed by atoms with van der Waals surface area (Å²) in [5.74, 6) is 1.23. The van der Waals surface area contributed by atoms with Gasteiger partial charge < -0.3 is 15.5 Å². The zero-order chi connectivity index (χ0) is 20.7. The molecular formula is C19H26F3N5O. The first-order valence-corrected chi connectivity index (χ1v) is 9.39. The van der Waals surface area contributed by atoms with E-state index in [0.29, 0.717) is 0 Å². The Hall–Kier alpha value is -2.32. The average molecular weight is 397 g/mol. The first-order valence-electron chi connectivity index (χ1n) is 9.39. The number of nitrogens with zero attached hydrogens (tertiary/aromatic N) is 4. The van der Waals surface area contributed by atoms with Crippen molar-refractivity contribution in [2.45, 2.75) is 64.0 Å². The van der Waals surface area contributed by atoms with E-state index in [1.165, 1.54) is 13.0 Å². The van der Waals surface area contributed by atoms with Crippen molar-refractivity contribution in [3.05, 3.63) is 29.4 Å². The quantitative estimate of drug-likeness (QED) is 0.264. The molecule has 3 saturated carbocycles. The molecule has 0 saturated heterocycles. The van der Waals surface area contributed by atoms with E-state index in [-0.39, 0.29) is 28.1 Å². The number of fused-ring (bicyclic) bond motifs is 3. The van der Waals surface area contributed by atoms with Gasteiger partial charge in [-0.05, 0) is 52.4 Å². The molecule has 3 aliphatic rings. The van der Waals surface area contributed by atoms with Crippen LogP contribution in [0.2, 0.25) is 0 Å². The normalized spacial score (nSPS) is 29.4. The lowest BCUT2D eigenvalue weighted by Gasteiger charge is -2.52. The van der Waals surface area contributed by atoms with Gasteiger partial charge in [0, 0.05) is 23.5 Å². The number of oxime groups is 1. The highest BCUT2D eigenvalue weighted by atomic mass is 19.4. The summed E-state index contributed by atoms with van der Waals surface area (Å²) in [5, 5.41) is 20.7. The SMILES string of the molecule is C/C=C\C(=C(/C)c1nnc(C23CCC(/C(N)=N\O)(CC2)CC3)n1C)C(F)(F)F. The number of alkyl halides is 3. The molecular weight excluding hydrogens is 371 g/mol. The molecule has 154 valence electrons. The Labute approximate surface area is 162 Å². The van der Waals surface area contributed by atoms with Crippen LogP contribution in [0.5, 0.6) is 0 Å². The maximum absolute atomic E-state index is 13.4. The topological polar surface area (TPSA) is 89.3 Å². The predicted octanol–water partition coefficient (Wildman–Crippen LogP) is 4.07. The molecule has 1 aromatic heterocycles. The molecule has 3 N–H and O–H groups in total. The van der Waals surface area contributed by atoms with Crippen molar-refractivity contribution in [3.63, 3.8) is 0 Å². The highest BCUT2D eigenvalue weighted by Gasteiger charge is 2.53. The van der Waals surface area contributed by atoms with Gasteiger partial charge in [0.2, 0.25) is 0 Å². The summed E-state index contributed by atoms with van der Waals surface area (Å²) in [6, 6.07) is 0. The fraction of sp³-hybridized carbons (Fsp3) is 0.632. The Morgan fingerprint density at radius 1 is 1.18 bits per heavy atom. The second kappa shape index (κ2) is 6.93. The number of aromatic nitrogens is 3. The molecule has 0 unspecified atom stereocenters. The summed E-state index contributed by atoms with van der Waals surface area (Å²) >= 11 is 0. The second-order valence-electron chi connectivity index (χ2n) is 7.99. The van der Waals surface area contributed by atoms with Gasteiger partial charge >= 0.3 is 6.18 Å². The van der Waals surface area contributed by atoms with Gasteiger partial charge in [-0.1, -0.05) is 17.3 Å². The molecule has 0 spiro atoms. The fourth-order valence-electron chi connectivity index (χ4n) is 4.85. The van der Waals surface area contributed by atoms with E-state index in [4.69, 9.17) is 10.9 Å². The number of rotatable bonds is 4. The largest absolute Gasteiger partial charge is 0.416 e. The molecule has 0 radical (unpaired) electrons. The van der Waals surface area contributed by atoms with Crippen LogP contribution in [0, 0.1) is 5.41 Å². The van der Waals surface area contributed by atoms with E-state index in [0.717, 1.165) is 50.4 Å². The van der Waals surface area contributed by atoms with Crippen LogP contribution in [0.15, 0.2) is 22.9 Å². The predicted molar refractivity (Wildman–Crippen MR) is 99.7 cm³/mol. The zero-order valence-corrected chi connectivity index (χ0v) is 16.3. The van der Waals surface area contributed by atoms with Crippen LogP contribution in [-0.4, -0.2) is 32.0 Å². The molecule has 1 heterocycles. The maximum atomic E-state index is 13.4. The molecule has 3 fully saturated rings. The Morgan fingerprint density at radius 2 is 1.75 bits per heavy atom. The summed E-state index contributed by atoms with van der Waals surface area (Å²) < 4.78 is 42.0. The van der Waals surface area contributed by atoms with Crippen molar-refractivity contribution >= 4 is 11.4 Å². The third-order valence-electron chi connectivity index (χ3n) is 6.62. The lowest BCUT2D eigenvalue weighted by molar-refractivity contribution is -0.0877. The number of nitrogens with two attached hydrogens (primary N) is 1. The second-order valence-corrected chi connectivity index (χ2v) is 7.99. The minimum Gasteiger partial charge on any atom is -0.409 e. The van der Waals surface area contributed by atoms with Gasteiger partial charge in [0.25, 0.3) is 0 Å². The fourth-order valence-corrected chi connectivity index (χ4v) is 4.85. The summed E-state index contributed by atoms with van der Waals surface area (Å²) in [6.45, 7) is 2.98. The molecule has 0 atom stereocenters. The molecule has 28 heavy (non-hydrogen) atoms. The van der Waals surface area contributed by atoms with Crippen LogP contribution in [0.3, 0.4) is 0 Å². The maximum Gasteiger partial charge on any atom is 0.416 e. The van der Waals surface area contributed by atoms with Crippen LogP contribution >= 0.6 is 0 Å². The Kier molecular flexibility index (Phi) is 5.05. The van der Waals surface area contributed by atoms with Crippen LogP contribution in [0.1, 0.15) is 64.0 Å². The number of allylic oxidation sites excluding steroid dienone is 4. The molecule has 1 aromatic rings. The Balaban J connectivity index is 1.97. The summed E-state index contributed by atoms with van der Waals surface area (Å²) in [6.07, 6.45) is 2.66. The smallest absolute Gasteiger partial charge is 0.409 e. The van der Waals surface area contributed by atoms with Crippen molar-refractivity contribution < 1.29 is 18.4 Å². The standard InChI is InChI=1S/C19H26F3N5O/c1-4-5-13(19(20,21)22)12(2)14-24-25-16(27(14)3)18-9-6-17(7-10-18,8-11-18)15(23)26-28/h4-5,28H,6-11H2,1-3H3,(H2,23,26)/b5-4-,13-12-.